The van der Waals surface area contributed by atoms with Crippen molar-refractivity contribution < 1.29 is 9.47 Å². The van der Waals surface area contributed by atoms with Gasteiger partial charge in [-0.05, 0) is 37.5 Å². The van der Waals surface area contributed by atoms with Gasteiger partial charge in [-0.1, -0.05) is 13.0 Å². The summed E-state index contributed by atoms with van der Waals surface area (Å²) in [7, 11) is 1.70. The van der Waals surface area contributed by atoms with E-state index in [4.69, 9.17) is 9.47 Å². The standard InChI is InChI=1S/C16H25NO2S/c1-4-8-17-15-10-13(7-9-20-3)19-16-11-12(18-2)5-6-14(15)16/h5-6,11,13,15,17H,4,7-10H2,1-3H3. The van der Waals surface area contributed by atoms with E-state index >= 15 is 0 Å². The topological polar surface area (TPSA) is 30.5 Å². The average Bonchev–Trinajstić information content (AvgIpc) is 2.49. The van der Waals surface area contributed by atoms with Gasteiger partial charge in [0.25, 0.3) is 0 Å². The van der Waals surface area contributed by atoms with Gasteiger partial charge in [-0.25, -0.2) is 0 Å². The van der Waals surface area contributed by atoms with Crippen molar-refractivity contribution >= 4 is 11.8 Å². The fraction of sp³-hybridized carbons (Fsp3) is 0.625. The molecule has 20 heavy (non-hydrogen) atoms. The van der Waals surface area contributed by atoms with Gasteiger partial charge in [0.2, 0.25) is 0 Å². The number of hydrogen-bond donors (Lipinski definition) is 1. The lowest BCUT2D eigenvalue weighted by molar-refractivity contribution is 0.146. The maximum atomic E-state index is 6.15. The van der Waals surface area contributed by atoms with Crippen LogP contribution in [0.2, 0.25) is 0 Å². The van der Waals surface area contributed by atoms with E-state index in [1.807, 2.05) is 23.9 Å². The Balaban J connectivity index is 2.16. The summed E-state index contributed by atoms with van der Waals surface area (Å²) in [5.74, 6) is 2.99. The molecule has 1 aromatic rings. The Kier molecular flexibility index (Phi) is 6.05. The van der Waals surface area contributed by atoms with Crippen molar-refractivity contribution in [2.24, 2.45) is 0 Å². The molecule has 3 nitrogen and oxygen atoms in total. The maximum absolute atomic E-state index is 6.15. The monoisotopic (exact) mass is 295 g/mol. The summed E-state index contributed by atoms with van der Waals surface area (Å²) in [6.45, 7) is 3.25. The van der Waals surface area contributed by atoms with Crippen molar-refractivity contribution in [3.63, 3.8) is 0 Å². The lowest BCUT2D eigenvalue weighted by atomic mass is 9.95. The number of fused-ring (bicyclic) bond motifs is 1. The minimum atomic E-state index is 0.302. The molecule has 0 radical (unpaired) electrons. The molecule has 2 unspecified atom stereocenters. The summed E-state index contributed by atoms with van der Waals surface area (Å²) in [6.07, 6.45) is 5.75. The van der Waals surface area contributed by atoms with Crippen LogP contribution >= 0.6 is 11.8 Å². The fourth-order valence-electron chi connectivity index (χ4n) is 2.59. The van der Waals surface area contributed by atoms with Crippen LogP contribution in [-0.2, 0) is 0 Å². The molecule has 0 amide bonds. The lowest BCUT2D eigenvalue weighted by Crippen LogP contribution is -2.33. The van der Waals surface area contributed by atoms with Crippen molar-refractivity contribution in [1.82, 2.24) is 5.32 Å². The van der Waals surface area contributed by atoms with Gasteiger partial charge in [0.15, 0.2) is 0 Å². The predicted octanol–water partition coefficient (Wildman–Crippen LogP) is 3.64. The molecular formula is C16H25NO2S. The van der Waals surface area contributed by atoms with Crippen LogP contribution in [0.15, 0.2) is 18.2 Å². The van der Waals surface area contributed by atoms with Crippen molar-refractivity contribution in [3.8, 4) is 11.5 Å². The van der Waals surface area contributed by atoms with Gasteiger partial charge < -0.3 is 14.8 Å². The Morgan fingerprint density at radius 3 is 3.00 bits per heavy atom. The number of thioether (sulfide) groups is 1. The molecule has 2 rings (SSSR count). The number of benzene rings is 1. The molecule has 0 saturated carbocycles. The van der Waals surface area contributed by atoms with Gasteiger partial charge >= 0.3 is 0 Å². The molecule has 1 N–H and O–H groups in total. The third kappa shape index (κ3) is 3.83. The van der Waals surface area contributed by atoms with Crippen LogP contribution in [0.5, 0.6) is 11.5 Å². The predicted molar refractivity (Wildman–Crippen MR) is 86.1 cm³/mol. The van der Waals surface area contributed by atoms with Crippen LogP contribution in [-0.4, -0.2) is 31.8 Å². The third-order valence-electron chi connectivity index (χ3n) is 3.67. The third-order valence-corrected chi connectivity index (χ3v) is 4.32. The molecule has 1 aromatic carbocycles. The van der Waals surface area contributed by atoms with Gasteiger partial charge in [-0.3, -0.25) is 0 Å². The largest absolute Gasteiger partial charge is 0.497 e. The number of methoxy groups -OCH3 is 1. The molecule has 1 aliphatic rings. The summed E-state index contributed by atoms with van der Waals surface area (Å²) < 4.78 is 11.5. The van der Waals surface area contributed by atoms with Crippen LogP contribution in [0.25, 0.3) is 0 Å². The van der Waals surface area contributed by atoms with Crippen molar-refractivity contribution in [2.75, 3.05) is 25.7 Å². The van der Waals surface area contributed by atoms with Crippen molar-refractivity contribution in [1.29, 1.82) is 0 Å². The first-order valence-electron chi connectivity index (χ1n) is 7.35. The molecule has 0 bridgehead atoms. The number of rotatable bonds is 7. The zero-order chi connectivity index (χ0) is 14.4. The summed E-state index contributed by atoms with van der Waals surface area (Å²) in [5.41, 5.74) is 1.26. The summed E-state index contributed by atoms with van der Waals surface area (Å²) in [6, 6.07) is 6.56. The van der Waals surface area contributed by atoms with E-state index in [1.165, 1.54) is 5.56 Å². The van der Waals surface area contributed by atoms with Crippen LogP contribution in [0.1, 0.15) is 37.8 Å². The van der Waals surface area contributed by atoms with Crippen LogP contribution in [0.4, 0.5) is 0 Å². The molecule has 0 saturated heterocycles. The molecule has 0 aliphatic carbocycles. The highest BCUT2D eigenvalue weighted by Crippen LogP contribution is 2.38. The smallest absolute Gasteiger partial charge is 0.128 e. The average molecular weight is 295 g/mol. The summed E-state index contributed by atoms with van der Waals surface area (Å²) in [5, 5.41) is 3.64. The summed E-state index contributed by atoms with van der Waals surface area (Å²) in [4.78, 5) is 0. The molecular weight excluding hydrogens is 270 g/mol. The van der Waals surface area contributed by atoms with Crippen LogP contribution in [0, 0.1) is 0 Å². The normalized spacial score (nSPS) is 21.1. The van der Waals surface area contributed by atoms with E-state index in [2.05, 4.69) is 24.6 Å². The minimum absolute atomic E-state index is 0.302. The maximum Gasteiger partial charge on any atom is 0.128 e. The van der Waals surface area contributed by atoms with Crippen LogP contribution < -0.4 is 14.8 Å². The van der Waals surface area contributed by atoms with Gasteiger partial charge in [0.1, 0.15) is 17.6 Å². The van der Waals surface area contributed by atoms with E-state index in [1.54, 1.807) is 7.11 Å². The molecule has 1 aliphatic heterocycles. The van der Waals surface area contributed by atoms with E-state index in [0.717, 1.165) is 43.1 Å². The van der Waals surface area contributed by atoms with E-state index in [9.17, 15) is 0 Å². The summed E-state index contributed by atoms with van der Waals surface area (Å²) >= 11 is 1.88. The van der Waals surface area contributed by atoms with Crippen molar-refractivity contribution in [2.45, 2.75) is 38.3 Å². The molecule has 0 aromatic heterocycles. The molecule has 0 fully saturated rings. The molecule has 112 valence electrons. The molecule has 1 heterocycles. The van der Waals surface area contributed by atoms with Gasteiger partial charge in [0, 0.05) is 24.1 Å². The SMILES string of the molecule is CCCNC1CC(CCSC)Oc2cc(OC)ccc21. The van der Waals surface area contributed by atoms with Crippen LogP contribution in [0.3, 0.4) is 0 Å². The van der Waals surface area contributed by atoms with Crippen molar-refractivity contribution in [3.05, 3.63) is 23.8 Å². The van der Waals surface area contributed by atoms with Gasteiger partial charge in [0.05, 0.1) is 7.11 Å². The second-order valence-corrected chi connectivity index (χ2v) is 6.15. The first-order valence-corrected chi connectivity index (χ1v) is 8.74. The molecule has 2 atom stereocenters. The highest BCUT2D eigenvalue weighted by atomic mass is 32.2. The fourth-order valence-corrected chi connectivity index (χ4v) is 3.09. The van der Waals surface area contributed by atoms with E-state index in [-0.39, 0.29) is 0 Å². The molecule has 0 spiro atoms. The number of ether oxygens (including phenoxy) is 2. The molecule has 4 heteroatoms. The second kappa shape index (κ2) is 7.79. The number of hydrogen-bond acceptors (Lipinski definition) is 4. The Morgan fingerprint density at radius 1 is 1.45 bits per heavy atom. The van der Waals surface area contributed by atoms with Gasteiger partial charge in [-0.15, -0.1) is 0 Å². The minimum Gasteiger partial charge on any atom is -0.497 e. The number of nitrogens with one attached hydrogen (secondary N) is 1. The van der Waals surface area contributed by atoms with E-state index in [0.29, 0.717) is 12.1 Å². The lowest BCUT2D eigenvalue weighted by Gasteiger charge is -2.33. The zero-order valence-electron chi connectivity index (χ0n) is 12.6. The second-order valence-electron chi connectivity index (χ2n) is 5.17. The first-order chi connectivity index (χ1) is 9.78. The highest BCUT2D eigenvalue weighted by Gasteiger charge is 2.27. The highest BCUT2D eigenvalue weighted by molar-refractivity contribution is 7.98. The Morgan fingerprint density at radius 2 is 2.30 bits per heavy atom. The quantitative estimate of drug-likeness (QED) is 0.832. The Bertz CT molecular complexity index is 425. The van der Waals surface area contributed by atoms with E-state index < -0.39 is 0 Å². The first kappa shape index (κ1) is 15.5. The Hall–Kier alpha value is -0.870. The Labute approximate surface area is 126 Å². The zero-order valence-corrected chi connectivity index (χ0v) is 13.5. The van der Waals surface area contributed by atoms with Gasteiger partial charge in [-0.2, -0.15) is 11.8 Å².